The third kappa shape index (κ3) is 4.41. The van der Waals surface area contributed by atoms with Gasteiger partial charge in [-0.15, -0.1) is 0 Å². The molecule has 0 spiro atoms. The van der Waals surface area contributed by atoms with Gasteiger partial charge in [0.1, 0.15) is 0 Å². The average Bonchev–Trinajstić information content (AvgIpc) is 2.20. The van der Waals surface area contributed by atoms with Gasteiger partial charge in [-0.05, 0) is 40.0 Å². The number of halogens is 2. The van der Waals surface area contributed by atoms with Crippen LogP contribution in [-0.2, 0) is 4.74 Å². The molecular weight excluding hydrogens is 277 g/mol. The summed E-state index contributed by atoms with van der Waals surface area (Å²) < 4.78 is 5.98. The van der Waals surface area contributed by atoms with Crippen LogP contribution in [0.25, 0.3) is 0 Å². The molecule has 0 amide bonds. The molecule has 0 heterocycles. The Morgan fingerprint density at radius 1 is 1.53 bits per heavy atom. The maximum Gasteiger partial charge on any atom is 0.0549 e. The zero-order chi connectivity index (χ0) is 11.3. The minimum Gasteiger partial charge on any atom is -0.385 e. The van der Waals surface area contributed by atoms with E-state index >= 15 is 0 Å². The van der Waals surface area contributed by atoms with Gasteiger partial charge in [-0.25, -0.2) is 0 Å². The van der Waals surface area contributed by atoms with Crippen molar-refractivity contribution in [2.45, 2.75) is 6.92 Å². The SMILES string of the molecule is COCC(C)CNc1ccc(Cl)c(Br)c1. The van der Waals surface area contributed by atoms with Gasteiger partial charge in [0.25, 0.3) is 0 Å². The summed E-state index contributed by atoms with van der Waals surface area (Å²) in [4.78, 5) is 0. The lowest BCUT2D eigenvalue weighted by atomic mass is 10.2. The number of methoxy groups -OCH3 is 1. The second-order valence-corrected chi connectivity index (χ2v) is 4.83. The molecule has 1 atom stereocenters. The first-order valence-electron chi connectivity index (χ1n) is 4.81. The average molecular weight is 293 g/mol. The highest BCUT2D eigenvalue weighted by Gasteiger charge is 2.02. The van der Waals surface area contributed by atoms with Crippen LogP contribution in [0.5, 0.6) is 0 Å². The van der Waals surface area contributed by atoms with Crippen LogP contribution in [0.3, 0.4) is 0 Å². The van der Waals surface area contributed by atoms with Gasteiger partial charge < -0.3 is 10.1 Å². The van der Waals surface area contributed by atoms with Crippen molar-refractivity contribution in [3.63, 3.8) is 0 Å². The van der Waals surface area contributed by atoms with Crippen molar-refractivity contribution >= 4 is 33.2 Å². The minimum absolute atomic E-state index is 0.490. The number of hydrogen-bond acceptors (Lipinski definition) is 2. The van der Waals surface area contributed by atoms with Crippen LogP contribution in [-0.4, -0.2) is 20.3 Å². The Labute approximate surface area is 104 Å². The summed E-state index contributed by atoms with van der Waals surface area (Å²) in [5.41, 5.74) is 1.06. The molecule has 0 aromatic heterocycles. The summed E-state index contributed by atoms with van der Waals surface area (Å²) in [6.07, 6.45) is 0. The van der Waals surface area contributed by atoms with Crippen LogP contribution in [0.1, 0.15) is 6.92 Å². The molecular formula is C11H15BrClNO. The molecule has 0 aliphatic rings. The van der Waals surface area contributed by atoms with Crippen LogP contribution in [0.4, 0.5) is 5.69 Å². The summed E-state index contributed by atoms with van der Waals surface area (Å²) in [6.45, 7) is 3.80. The molecule has 0 radical (unpaired) electrons. The third-order valence-electron chi connectivity index (χ3n) is 2.03. The highest BCUT2D eigenvalue weighted by Crippen LogP contribution is 2.25. The van der Waals surface area contributed by atoms with Crippen molar-refractivity contribution in [2.24, 2.45) is 5.92 Å². The summed E-state index contributed by atoms with van der Waals surface area (Å²) in [5.74, 6) is 0.490. The molecule has 0 saturated carbocycles. The Morgan fingerprint density at radius 2 is 2.27 bits per heavy atom. The first kappa shape index (κ1) is 12.8. The maximum absolute atomic E-state index is 5.90. The Balaban J connectivity index is 2.47. The Morgan fingerprint density at radius 3 is 2.87 bits per heavy atom. The van der Waals surface area contributed by atoms with Gasteiger partial charge in [0.05, 0.1) is 11.6 Å². The number of nitrogens with one attached hydrogen (secondary N) is 1. The fourth-order valence-electron chi connectivity index (χ4n) is 1.24. The number of ether oxygens (including phenoxy) is 1. The van der Waals surface area contributed by atoms with E-state index < -0.39 is 0 Å². The van der Waals surface area contributed by atoms with Crippen molar-refractivity contribution in [2.75, 3.05) is 25.6 Å². The van der Waals surface area contributed by atoms with Crippen LogP contribution in [0.2, 0.25) is 5.02 Å². The van der Waals surface area contributed by atoms with Gasteiger partial charge in [0.15, 0.2) is 0 Å². The minimum atomic E-state index is 0.490. The molecule has 0 aliphatic heterocycles. The lowest BCUT2D eigenvalue weighted by molar-refractivity contribution is 0.164. The van der Waals surface area contributed by atoms with Crippen LogP contribution in [0.15, 0.2) is 22.7 Å². The van der Waals surface area contributed by atoms with E-state index in [0.717, 1.165) is 28.3 Å². The van der Waals surface area contributed by atoms with E-state index in [9.17, 15) is 0 Å². The molecule has 2 nitrogen and oxygen atoms in total. The Hall–Kier alpha value is -0.250. The fraction of sp³-hybridized carbons (Fsp3) is 0.455. The molecule has 1 aromatic carbocycles. The van der Waals surface area contributed by atoms with Gasteiger partial charge in [0.2, 0.25) is 0 Å². The molecule has 4 heteroatoms. The molecule has 1 N–H and O–H groups in total. The normalized spacial score (nSPS) is 12.5. The van der Waals surface area contributed by atoms with Crippen LogP contribution < -0.4 is 5.32 Å². The maximum atomic E-state index is 5.90. The highest BCUT2D eigenvalue weighted by atomic mass is 79.9. The molecule has 84 valence electrons. The van der Waals surface area contributed by atoms with E-state index in [1.54, 1.807) is 7.11 Å². The first-order chi connectivity index (χ1) is 7.13. The molecule has 1 unspecified atom stereocenters. The van der Waals surface area contributed by atoms with Crippen molar-refractivity contribution in [1.29, 1.82) is 0 Å². The number of benzene rings is 1. The number of rotatable bonds is 5. The van der Waals surface area contributed by atoms with E-state index in [2.05, 4.69) is 28.2 Å². The topological polar surface area (TPSA) is 21.3 Å². The van der Waals surface area contributed by atoms with E-state index in [1.807, 2.05) is 18.2 Å². The lowest BCUT2D eigenvalue weighted by Gasteiger charge is -2.12. The summed E-state index contributed by atoms with van der Waals surface area (Å²) in [6, 6.07) is 5.81. The van der Waals surface area contributed by atoms with E-state index in [-0.39, 0.29) is 0 Å². The standard InChI is InChI=1S/C11H15BrClNO/c1-8(7-15-2)6-14-9-3-4-11(13)10(12)5-9/h3-5,8,14H,6-7H2,1-2H3. The molecule has 15 heavy (non-hydrogen) atoms. The highest BCUT2D eigenvalue weighted by molar-refractivity contribution is 9.10. The fourth-order valence-corrected chi connectivity index (χ4v) is 1.74. The summed E-state index contributed by atoms with van der Waals surface area (Å²) in [5, 5.41) is 4.06. The first-order valence-corrected chi connectivity index (χ1v) is 5.98. The predicted molar refractivity (Wildman–Crippen MR) is 68.7 cm³/mol. The quantitative estimate of drug-likeness (QED) is 0.891. The lowest BCUT2D eigenvalue weighted by Crippen LogP contribution is -2.15. The molecule has 0 aliphatic carbocycles. The van der Waals surface area contributed by atoms with Crippen LogP contribution in [0, 0.1) is 5.92 Å². The monoisotopic (exact) mass is 291 g/mol. The molecule has 0 saturated heterocycles. The van der Waals surface area contributed by atoms with Gasteiger partial charge in [-0.2, -0.15) is 0 Å². The number of hydrogen-bond donors (Lipinski definition) is 1. The van der Waals surface area contributed by atoms with E-state index in [0.29, 0.717) is 5.92 Å². The number of anilines is 1. The van der Waals surface area contributed by atoms with Crippen molar-refractivity contribution < 1.29 is 4.74 Å². The molecule has 0 fully saturated rings. The second-order valence-electron chi connectivity index (χ2n) is 3.57. The van der Waals surface area contributed by atoms with Crippen LogP contribution >= 0.6 is 27.5 Å². The summed E-state index contributed by atoms with van der Waals surface area (Å²) in [7, 11) is 1.72. The zero-order valence-electron chi connectivity index (χ0n) is 8.89. The predicted octanol–water partition coefficient (Wildman–Crippen LogP) is 3.80. The molecule has 1 aromatic rings. The second kappa shape index (κ2) is 6.36. The van der Waals surface area contributed by atoms with Gasteiger partial charge in [-0.1, -0.05) is 18.5 Å². The largest absolute Gasteiger partial charge is 0.385 e. The zero-order valence-corrected chi connectivity index (χ0v) is 11.2. The Bertz CT molecular complexity index is 319. The third-order valence-corrected chi connectivity index (χ3v) is 3.24. The van der Waals surface area contributed by atoms with Crippen molar-refractivity contribution in [3.8, 4) is 0 Å². The molecule has 0 bridgehead atoms. The van der Waals surface area contributed by atoms with Gasteiger partial charge in [-0.3, -0.25) is 0 Å². The van der Waals surface area contributed by atoms with Gasteiger partial charge in [0, 0.05) is 23.8 Å². The summed E-state index contributed by atoms with van der Waals surface area (Å²) >= 11 is 9.29. The molecule has 1 rings (SSSR count). The van der Waals surface area contributed by atoms with E-state index in [4.69, 9.17) is 16.3 Å². The Kier molecular flexibility index (Phi) is 5.43. The van der Waals surface area contributed by atoms with E-state index in [1.165, 1.54) is 0 Å². The smallest absolute Gasteiger partial charge is 0.0549 e. The van der Waals surface area contributed by atoms with Crippen molar-refractivity contribution in [1.82, 2.24) is 0 Å². The van der Waals surface area contributed by atoms with Gasteiger partial charge >= 0.3 is 0 Å². The van der Waals surface area contributed by atoms with Crippen molar-refractivity contribution in [3.05, 3.63) is 27.7 Å².